The molecule has 0 saturated carbocycles. The van der Waals surface area contributed by atoms with Gasteiger partial charge >= 0.3 is 5.97 Å². The van der Waals surface area contributed by atoms with E-state index in [2.05, 4.69) is 25.4 Å². The summed E-state index contributed by atoms with van der Waals surface area (Å²) >= 11 is 0. The van der Waals surface area contributed by atoms with Crippen molar-refractivity contribution >= 4 is 11.9 Å². The molecule has 0 radical (unpaired) electrons. The number of rotatable bonds is 6. The van der Waals surface area contributed by atoms with Crippen LogP contribution in [0.4, 0.5) is 0 Å². The lowest BCUT2D eigenvalue weighted by Gasteiger charge is -2.27. The summed E-state index contributed by atoms with van der Waals surface area (Å²) in [6, 6.07) is 1.54. The molecule has 1 N–H and O–H groups in total. The Morgan fingerprint density at radius 3 is 2.73 bits per heavy atom. The van der Waals surface area contributed by atoms with Gasteiger partial charge in [0.1, 0.15) is 11.7 Å². The SMILES string of the molecule is Cc1ccn(C(C)C(=O)N2CCCC2Cn2cc(-c3cnc(C(=O)O)nc3)nn2)n1. The first-order chi connectivity index (χ1) is 14.4. The largest absolute Gasteiger partial charge is 0.475 e. The third-order valence-corrected chi connectivity index (χ3v) is 5.23. The Morgan fingerprint density at radius 1 is 1.30 bits per heavy atom. The third-order valence-electron chi connectivity index (χ3n) is 5.23. The maximum Gasteiger partial charge on any atom is 0.373 e. The molecule has 0 aromatic carbocycles. The molecule has 1 aliphatic heterocycles. The average molecular weight is 410 g/mol. The Morgan fingerprint density at radius 2 is 2.07 bits per heavy atom. The molecule has 156 valence electrons. The zero-order valence-electron chi connectivity index (χ0n) is 16.7. The van der Waals surface area contributed by atoms with Crippen LogP contribution in [0.25, 0.3) is 11.3 Å². The van der Waals surface area contributed by atoms with E-state index in [0.717, 1.165) is 18.5 Å². The number of carbonyl (C=O) groups is 2. The van der Waals surface area contributed by atoms with E-state index in [4.69, 9.17) is 5.11 Å². The van der Waals surface area contributed by atoms with E-state index < -0.39 is 5.97 Å². The first-order valence-electron chi connectivity index (χ1n) is 9.70. The fraction of sp³-hybridized carbons (Fsp3) is 0.421. The highest BCUT2D eigenvalue weighted by Crippen LogP contribution is 2.23. The standard InChI is InChI=1S/C19H22N8O3/c1-12-5-7-27(23-12)13(2)18(28)26-6-3-4-15(26)10-25-11-16(22-24-25)14-8-20-17(19(29)30)21-9-14/h5,7-9,11,13,15H,3-4,6,10H2,1-2H3,(H,29,30). The van der Waals surface area contributed by atoms with Crippen molar-refractivity contribution < 1.29 is 14.7 Å². The van der Waals surface area contributed by atoms with Gasteiger partial charge in [-0.05, 0) is 32.8 Å². The highest BCUT2D eigenvalue weighted by Gasteiger charge is 2.32. The van der Waals surface area contributed by atoms with Crippen LogP contribution >= 0.6 is 0 Å². The van der Waals surface area contributed by atoms with Crippen molar-refractivity contribution in [3.05, 3.63) is 42.4 Å². The van der Waals surface area contributed by atoms with Crippen molar-refractivity contribution in [3.8, 4) is 11.3 Å². The second-order valence-electron chi connectivity index (χ2n) is 7.37. The number of aromatic nitrogens is 7. The molecule has 30 heavy (non-hydrogen) atoms. The van der Waals surface area contributed by atoms with Crippen molar-refractivity contribution in [3.63, 3.8) is 0 Å². The van der Waals surface area contributed by atoms with Gasteiger partial charge in [0.2, 0.25) is 11.7 Å². The summed E-state index contributed by atoms with van der Waals surface area (Å²) in [5, 5.41) is 21.5. The molecule has 2 unspecified atom stereocenters. The van der Waals surface area contributed by atoms with Gasteiger partial charge in [-0.1, -0.05) is 5.21 Å². The van der Waals surface area contributed by atoms with Gasteiger partial charge in [-0.25, -0.2) is 19.4 Å². The zero-order valence-corrected chi connectivity index (χ0v) is 16.7. The number of carbonyl (C=O) groups excluding carboxylic acids is 1. The number of aromatic carboxylic acids is 1. The first-order valence-corrected chi connectivity index (χ1v) is 9.70. The topological polar surface area (TPSA) is 132 Å². The lowest BCUT2D eigenvalue weighted by atomic mass is 10.2. The number of amides is 1. The molecule has 11 heteroatoms. The second-order valence-corrected chi connectivity index (χ2v) is 7.37. The lowest BCUT2D eigenvalue weighted by molar-refractivity contribution is -0.135. The maximum absolute atomic E-state index is 13.0. The van der Waals surface area contributed by atoms with Crippen LogP contribution in [0.5, 0.6) is 0 Å². The number of hydrogen-bond donors (Lipinski definition) is 1. The average Bonchev–Trinajstić information content (AvgIpc) is 3.48. The van der Waals surface area contributed by atoms with Gasteiger partial charge in [0, 0.05) is 30.7 Å². The number of aryl methyl sites for hydroxylation is 1. The second kappa shape index (κ2) is 8.01. The summed E-state index contributed by atoms with van der Waals surface area (Å²) < 4.78 is 3.39. The Balaban J connectivity index is 1.45. The van der Waals surface area contributed by atoms with E-state index >= 15 is 0 Å². The van der Waals surface area contributed by atoms with Crippen molar-refractivity contribution in [2.75, 3.05) is 6.54 Å². The van der Waals surface area contributed by atoms with Gasteiger partial charge < -0.3 is 10.0 Å². The predicted octanol–water partition coefficient (Wildman–Crippen LogP) is 1.19. The fourth-order valence-electron chi connectivity index (χ4n) is 3.62. The molecule has 1 saturated heterocycles. The van der Waals surface area contributed by atoms with Gasteiger partial charge in [0.05, 0.1) is 24.5 Å². The number of carboxylic acids is 1. The molecule has 4 heterocycles. The molecule has 2 atom stereocenters. The minimum atomic E-state index is -1.18. The number of carboxylic acid groups (broad SMARTS) is 1. The monoisotopic (exact) mass is 410 g/mol. The van der Waals surface area contributed by atoms with E-state index in [1.54, 1.807) is 15.6 Å². The van der Waals surface area contributed by atoms with Crippen molar-refractivity contribution in [1.82, 2.24) is 39.6 Å². The molecule has 4 rings (SSSR count). The Bertz CT molecular complexity index is 1060. The minimum Gasteiger partial charge on any atom is -0.475 e. The highest BCUT2D eigenvalue weighted by atomic mass is 16.4. The van der Waals surface area contributed by atoms with E-state index in [1.165, 1.54) is 12.4 Å². The third kappa shape index (κ3) is 3.91. The van der Waals surface area contributed by atoms with Crippen LogP contribution in [0.3, 0.4) is 0 Å². The van der Waals surface area contributed by atoms with Crippen LogP contribution < -0.4 is 0 Å². The van der Waals surface area contributed by atoms with Crippen LogP contribution in [0.15, 0.2) is 30.9 Å². The lowest BCUT2D eigenvalue weighted by Crippen LogP contribution is -2.41. The molecule has 0 spiro atoms. The summed E-state index contributed by atoms with van der Waals surface area (Å²) in [6.45, 7) is 4.99. The van der Waals surface area contributed by atoms with Crippen LogP contribution in [-0.4, -0.2) is 69.2 Å². The quantitative estimate of drug-likeness (QED) is 0.641. The summed E-state index contributed by atoms with van der Waals surface area (Å²) in [7, 11) is 0. The van der Waals surface area contributed by atoms with Gasteiger partial charge in [0.15, 0.2) is 0 Å². The fourth-order valence-corrected chi connectivity index (χ4v) is 3.62. The molecule has 0 bridgehead atoms. The molecular weight excluding hydrogens is 388 g/mol. The molecule has 3 aromatic heterocycles. The van der Waals surface area contributed by atoms with Gasteiger partial charge in [-0.15, -0.1) is 5.10 Å². The van der Waals surface area contributed by atoms with Crippen molar-refractivity contribution in [1.29, 1.82) is 0 Å². The summed E-state index contributed by atoms with van der Waals surface area (Å²) in [5.74, 6) is -1.41. The van der Waals surface area contributed by atoms with Gasteiger partial charge in [0.25, 0.3) is 0 Å². The first kappa shape index (κ1) is 19.7. The van der Waals surface area contributed by atoms with E-state index in [0.29, 0.717) is 24.3 Å². The van der Waals surface area contributed by atoms with Gasteiger partial charge in [-0.3, -0.25) is 9.48 Å². The van der Waals surface area contributed by atoms with Crippen LogP contribution in [0.2, 0.25) is 0 Å². The normalized spacial score (nSPS) is 17.3. The molecule has 1 fully saturated rings. The number of nitrogens with zero attached hydrogens (tertiary/aromatic N) is 8. The van der Waals surface area contributed by atoms with Gasteiger partial charge in [-0.2, -0.15) is 5.10 Å². The smallest absolute Gasteiger partial charge is 0.373 e. The highest BCUT2D eigenvalue weighted by molar-refractivity contribution is 5.83. The molecular formula is C19H22N8O3. The van der Waals surface area contributed by atoms with Crippen LogP contribution in [-0.2, 0) is 11.3 Å². The molecule has 11 nitrogen and oxygen atoms in total. The van der Waals surface area contributed by atoms with E-state index in [-0.39, 0.29) is 23.8 Å². The maximum atomic E-state index is 13.0. The Hall–Kier alpha value is -3.63. The summed E-state index contributed by atoms with van der Waals surface area (Å²) in [4.78, 5) is 33.4. The molecule has 3 aromatic rings. The van der Waals surface area contributed by atoms with Crippen molar-refractivity contribution in [2.24, 2.45) is 0 Å². The number of likely N-dealkylation sites (tertiary alicyclic amines) is 1. The Labute approximate surface area is 172 Å². The Kier molecular flexibility index (Phi) is 5.25. The molecule has 1 amide bonds. The van der Waals surface area contributed by atoms with Crippen LogP contribution in [0.1, 0.15) is 42.1 Å². The minimum absolute atomic E-state index is 0.0248. The van der Waals surface area contributed by atoms with E-state index in [1.807, 2.05) is 31.0 Å². The molecule has 1 aliphatic rings. The zero-order chi connectivity index (χ0) is 21.3. The van der Waals surface area contributed by atoms with E-state index in [9.17, 15) is 9.59 Å². The molecule has 0 aliphatic carbocycles. The summed E-state index contributed by atoms with van der Waals surface area (Å²) in [5.41, 5.74) is 2.00. The van der Waals surface area contributed by atoms with Crippen molar-refractivity contribution in [2.45, 2.75) is 45.3 Å². The summed E-state index contributed by atoms with van der Waals surface area (Å²) in [6.07, 6.45) is 8.22. The van der Waals surface area contributed by atoms with Crippen LogP contribution in [0, 0.1) is 6.92 Å². The number of hydrogen-bond acceptors (Lipinski definition) is 7. The predicted molar refractivity (Wildman–Crippen MR) is 104 cm³/mol.